The van der Waals surface area contributed by atoms with Gasteiger partial charge in [-0.2, -0.15) is 0 Å². The molecular weight excluding hydrogens is 318 g/mol. The summed E-state index contributed by atoms with van der Waals surface area (Å²) in [7, 11) is 0. The zero-order chi connectivity index (χ0) is 17.6. The molecule has 0 saturated carbocycles. The van der Waals surface area contributed by atoms with Crippen molar-refractivity contribution >= 4 is 17.8 Å². The summed E-state index contributed by atoms with van der Waals surface area (Å²) in [6.07, 6.45) is 3.02. The van der Waals surface area contributed by atoms with Crippen LogP contribution in [0.2, 0.25) is 0 Å². The number of carbonyl (C=O) groups excluding carboxylic acids is 3. The third-order valence-electron chi connectivity index (χ3n) is 5.64. The molecule has 4 rings (SSSR count). The van der Waals surface area contributed by atoms with Crippen LogP contribution in [-0.2, 0) is 4.79 Å². The van der Waals surface area contributed by atoms with Crippen LogP contribution in [0.4, 0.5) is 4.79 Å². The molecule has 0 N–H and O–H groups in total. The normalized spacial score (nSPS) is 24.2. The SMILES string of the molecule is Cc1ccc(C(=O)N2CCC(N3C(=O)[C@H]4CCCN4C3=O)CC2)cc1. The minimum Gasteiger partial charge on any atom is -0.338 e. The number of nitrogens with zero attached hydrogens (tertiary/aromatic N) is 3. The van der Waals surface area contributed by atoms with Crippen LogP contribution in [0.15, 0.2) is 24.3 Å². The molecule has 4 amide bonds. The molecule has 25 heavy (non-hydrogen) atoms. The molecule has 0 spiro atoms. The van der Waals surface area contributed by atoms with Crippen molar-refractivity contribution in [1.82, 2.24) is 14.7 Å². The van der Waals surface area contributed by atoms with Crippen molar-refractivity contribution in [3.05, 3.63) is 35.4 Å². The lowest BCUT2D eigenvalue weighted by molar-refractivity contribution is -0.130. The molecule has 0 unspecified atom stereocenters. The first kappa shape index (κ1) is 16.1. The van der Waals surface area contributed by atoms with Crippen molar-refractivity contribution in [2.45, 2.75) is 44.7 Å². The summed E-state index contributed by atoms with van der Waals surface area (Å²) >= 11 is 0. The van der Waals surface area contributed by atoms with Crippen molar-refractivity contribution in [3.8, 4) is 0 Å². The second-order valence-electron chi connectivity index (χ2n) is 7.23. The molecule has 0 aromatic heterocycles. The first-order chi connectivity index (χ1) is 12.1. The molecule has 3 aliphatic rings. The van der Waals surface area contributed by atoms with Gasteiger partial charge in [-0.05, 0) is 44.7 Å². The summed E-state index contributed by atoms with van der Waals surface area (Å²) in [5, 5.41) is 0. The van der Waals surface area contributed by atoms with E-state index in [1.165, 1.54) is 4.90 Å². The maximum atomic E-state index is 12.6. The van der Waals surface area contributed by atoms with Crippen LogP contribution < -0.4 is 0 Å². The Kier molecular flexibility index (Phi) is 3.98. The van der Waals surface area contributed by atoms with Crippen LogP contribution in [0.1, 0.15) is 41.6 Å². The Morgan fingerprint density at radius 3 is 2.32 bits per heavy atom. The van der Waals surface area contributed by atoms with E-state index in [1.54, 1.807) is 4.90 Å². The number of aryl methyl sites for hydroxylation is 1. The zero-order valence-corrected chi connectivity index (χ0v) is 14.5. The summed E-state index contributed by atoms with van der Waals surface area (Å²) in [5.74, 6) is -0.0102. The van der Waals surface area contributed by atoms with Gasteiger partial charge in [-0.15, -0.1) is 0 Å². The Morgan fingerprint density at radius 2 is 1.68 bits per heavy atom. The fourth-order valence-electron chi connectivity index (χ4n) is 4.19. The smallest absolute Gasteiger partial charge is 0.327 e. The third kappa shape index (κ3) is 2.69. The first-order valence-corrected chi connectivity index (χ1v) is 9.06. The predicted octanol–water partition coefficient (Wildman–Crippen LogP) is 2.03. The Balaban J connectivity index is 1.40. The summed E-state index contributed by atoms with van der Waals surface area (Å²) in [4.78, 5) is 42.7. The third-order valence-corrected chi connectivity index (χ3v) is 5.64. The topological polar surface area (TPSA) is 60.9 Å². The van der Waals surface area contributed by atoms with Gasteiger partial charge in [0.25, 0.3) is 11.8 Å². The van der Waals surface area contributed by atoms with Gasteiger partial charge in [0.15, 0.2) is 0 Å². The van der Waals surface area contributed by atoms with Crippen LogP contribution in [0.25, 0.3) is 0 Å². The average molecular weight is 341 g/mol. The fourth-order valence-corrected chi connectivity index (χ4v) is 4.19. The molecule has 132 valence electrons. The maximum Gasteiger partial charge on any atom is 0.327 e. The van der Waals surface area contributed by atoms with Gasteiger partial charge in [0.2, 0.25) is 0 Å². The van der Waals surface area contributed by atoms with Crippen molar-refractivity contribution < 1.29 is 14.4 Å². The molecular formula is C19H23N3O3. The minimum atomic E-state index is -0.236. The van der Waals surface area contributed by atoms with Crippen LogP contribution in [0.5, 0.6) is 0 Å². The highest BCUT2D eigenvalue weighted by Gasteiger charge is 2.50. The van der Waals surface area contributed by atoms with Crippen molar-refractivity contribution in [3.63, 3.8) is 0 Å². The lowest BCUT2D eigenvalue weighted by Crippen LogP contribution is -2.49. The quantitative estimate of drug-likeness (QED) is 0.773. The summed E-state index contributed by atoms with van der Waals surface area (Å²) < 4.78 is 0. The Hall–Kier alpha value is -2.37. The predicted molar refractivity (Wildman–Crippen MR) is 92.1 cm³/mol. The number of hydrogen-bond acceptors (Lipinski definition) is 3. The van der Waals surface area contributed by atoms with Crippen LogP contribution >= 0.6 is 0 Å². The van der Waals surface area contributed by atoms with Gasteiger partial charge in [0.05, 0.1) is 0 Å². The Bertz CT molecular complexity index is 685. The zero-order valence-electron chi connectivity index (χ0n) is 14.5. The Labute approximate surface area is 147 Å². The maximum absolute atomic E-state index is 12.6. The molecule has 3 fully saturated rings. The number of piperidine rings is 1. The van der Waals surface area contributed by atoms with E-state index in [9.17, 15) is 14.4 Å². The highest BCUT2D eigenvalue weighted by atomic mass is 16.2. The summed E-state index contributed by atoms with van der Waals surface area (Å²) in [5.41, 5.74) is 1.82. The molecule has 3 aliphatic heterocycles. The van der Waals surface area contributed by atoms with Crippen molar-refractivity contribution in [1.29, 1.82) is 0 Å². The van der Waals surface area contributed by atoms with Crippen molar-refractivity contribution in [2.24, 2.45) is 0 Å². The van der Waals surface area contributed by atoms with Gasteiger partial charge in [-0.1, -0.05) is 17.7 Å². The number of hydrogen-bond donors (Lipinski definition) is 0. The van der Waals surface area contributed by atoms with E-state index in [4.69, 9.17) is 0 Å². The van der Waals surface area contributed by atoms with Gasteiger partial charge in [-0.3, -0.25) is 14.5 Å². The molecule has 0 radical (unpaired) electrons. The minimum absolute atomic E-state index is 0.0261. The highest BCUT2D eigenvalue weighted by Crippen LogP contribution is 2.31. The van der Waals surface area contributed by atoms with E-state index in [0.717, 1.165) is 18.4 Å². The largest absolute Gasteiger partial charge is 0.338 e. The first-order valence-electron chi connectivity index (χ1n) is 9.06. The monoisotopic (exact) mass is 341 g/mol. The Morgan fingerprint density at radius 1 is 1.00 bits per heavy atom. The standard InChI is InChI=1S/C19H23N3O3/c1-13-4-6-14(7-5-13)17(23)20-11-8-15(9-12-20)22-18(24)16-3-2-10-21(16)19(22)25/h4-7,15-16H,2-3,8-12H2,1H3/t16-/m1/s1. The molecule has 6 heteroatoms. The molecule has 3 saturated heterocycles. The van der Waals surface area contributed by atoms with Gasteiger partial charge in [0, 0.05) is 31.2 Å². The highest BCUT2D eigenvalue weighted by molar-refractivity contribution is 6.05. The lowest BCUT2D eigenvalue weighted by atomic mass is 10.0. The number of fused-ring (bicyclic) bond motifs is 1. The fraction of sp³-hybridized carbons (Fsp3) is 0.526. The van der Waals surface area contributed by atoms with Gasteiger partial charge < -0.3 is 9.80 Å². The van der Waals surface area contributed by atoms with Gasteiger partial charge in [0.1, 0.15) is 6.04 Å². The summed E-state index contributed by atoms with van der Waals surface area (Å²) in [6.45, 7) is 3.85. The van der Waals surface area contributed by atoms with Gasteiger partial charge >= 0.3 is 6.03 Å². The van der Waals surface area contributed by atoms with E-state index >= 15 is 0 Å². The number of carbonyl (C=O) groups is 3. The molecule has 1 atom stereocenters. The molecule has 0 bridgehead atoms. The van der Waals surface area contributed by atoms with E-state index in [-0.39, 0.29) is 29.9 Å². The number of imide groups is 1. The number of rotatable bonds is 2. The molecule has 0 aliphatic carbocycles. The van der Waals surface area contributed by atoms with Crippen LogP contribution in [-0.4, -0.2) is 64.3 Å². The van der Waals surface area contributed by atoms with E-state index < -0.39 is 0 Å². The molecule has 6 nitrogen and oxygen atoms in total. The molecule has 3 heterocycles. The number of urea groups is 1. The number of amides is 4. The second-order valence-corrected chi connectivity index (χ2v) is 7.23. The second kappa shape index (κ2) is 6.17. The lowest BCUT2D eigenvalue weighted by Gasteiger charge is -2.35. The van der Waals surface area contributed by atoms with E-state index in [2.05, 4.69) is 0 Å². The molecule has 1 aromatic carbocycles. The average Bonchev–Trinajstić information content (AvgIpc) is 3.20. The van der Waals surface area contributed by atoms with Crippen LogP contribution in [0.3, 0.4) is 0 Å². The number of likely N-dealkylation sites (tertiary alicyclic amines) is 1. The van der Waals surface area contributed by atoms with Crippen molar-refractivity contribution in [2.75, 3.05) is 19.6 Å². The molecule has 1 aromatic rings. The number of benzene rings is 1. The van der Waals surface area contributed by atoms with Gasteiger partial charge in [-0.25, -0.2) is 4.79 Å². The van der Waals surface area contributed by atoms with Crippen LogP contribution in [0, 0.1) is 6.92 Å². The van der Waals surface area contributed by atoms with E-state index in [1.807, 2.05) is 36.1 Å². The van der Waals surface area contributed by atoms with E-state index in [0.29, 0.717) is 38.0 Å². The summed E-state index contributed by atoms with van der Waals surface area (Å²) in [6, 6.07) is 7.14.